The molecule has 2 aromatic carbocycles. The Hall–Kier alpha value is -3.80. The number of nitrogens with two attached hydrogens (primary N) is 1. The largest absolute Gasteiger partial charge is 0.493 e. The van der Waals surface area contributed by atoms with Gasteiger partial charge in [-0.2, -0.15) is 9.78 Å². The van der Waals surface area contributed by atoms with E-state index in [2.05, 4.69) is 26.0 Å². The minimum Gasteiger partial charge on any atom is -0.493 e. The zero-order valence-electron chi connectivity index (χ0n) is 18.5. The van der Waals surface area contributed by atoms with Gasteiger partial charge in [0.2, 0.25) is 5.75 Å². The number of nitro benzene ring substituents is 1. The molecule has 34 heavy (non-hydrogen) atoms. The van der Waals surface area contributed by atoms with Gasteiger partial charge in [0.1, 0.15) is 5.82 Å². The van der Waals surface area contributed by atoms with Crippen LogP contribution in [0.4, 0.5) is 5.69 Å². The molecule has 3 aromatic rings. The maximum absolute atomic E-state index is 13.2. The average molecular weight is 532 g/mol. The zero-order valence-corrected chi connectivity index (χ0v) is 20.1. The highest BCUT2D eigenvalue weighted by molar-refractivity contribution is 9.10. The van der Waals surface area contributed by atoms with Crippen molar-refractivity contribution in [2.75, 3.05) is 13.7 Å². The van der Waals surface area contributed by atoms with Gasteiger partial charge in [0.05, 0.1) is 29.2 Å². The Kier molecular flexibility index (Phi) is 7.95. The van der Waals surface area contributed by atoms with Crippen molar-refractivity contribution in [1.82, 2.24) is 9.66 Å². The van der Waals surface area contributed by atoms with E-state index in [1.807, 2.05) is 6.92 Å². The van der Waals surface area contributed by atoms with Crippen LogP contribution in [0.1, 0.15) is 31.2 Å². The lowest BCUT2D eigenvalue weighted by atomic mass is 10.2. The molecule has 0 aliphatic heterocycles. The Bertz CT molecular complexity index is 1340. The number of amides is 1. The number of primary amides is 1. The molecule has 1 aromatic heterocycles. The van der Waals surface area contributed by atoms with Crippen molar-refractivity contribution in [1.29, 1.82) is 0 Å². The molecule has 11 nitrogen and oxygen atoms in total. The van der Waals surface area contributed by atoms with E-state index < -0.39 is 23.1 Å². The summed E-state index contributed by atoms with van der Waals surface area (Å²) in [6, 6.07) is 7.86. The molecule has 3 rings (SSSR count). The molecule has 0 saturated heterocycles. The van der Waals surface area contributed by atoms with Crippen molar-refractivity contribution in [3.05, 3.63) is 66.7 Å². The van der Waals surface area contributed by atoms with Crippen molar-refractivity contribution in [3.8, 4) is 11.5 Å². The second kappa shape index (κ2) is 10.9. The van der Waals surface area contributed by atoms with Crippen LogP contribution in [-0.2, 0) is 11.2 Å². The van der Waals surface area contributed by atoms with Crippen LogP contribution in [0, 0.1) is 10.1 Å². The number of unbranched alkanes of at least 4 members (excludes halogenated alkanes) is 1. The van der Waals surface area contributed by atoms with Crippen molar-refractivity contribution in [2.45, 2.75) is 26.2 Å². The van der Waals surface area contributed by atoms with Gasteiger partial charge in [0.15, 0.2) is 12.4 Å². The summed E-state index contributed by atoms with van der Waals surface area (Å²) in [6.07, 6.45) is 3.53. The lowest BCUT2D eigenvalue weighted by Gasteiger charge is -2.11. The molecular weight excluding hydrogens is 510 g/mol. The standard InChI is InChI=1S/C22H22BrN5O6/c1-3-4-5-20-26-16-7-6-14(23)10-15(16)22(30)27(20)25-11-13-8-17(28(31)32)21(18(9-13)33-2)34-12-19(24)29/h6-11H,3-5,12H2,1-2H3,(H2,24,29). The number of hydrogen-bond donors (Lipinski definition) is 1. The van der Waals surface area contributed by atoms with Gasteiger partial charge < -0.3 is 15.2 Å². The van der Waals surface area contributed by atoms with Crippen molar-refractivity contribution in [3.63, 3.8) is 0 Å². The monoisotopic (exact) mass is 531 g/mol. The maximum Gasteiger partial charge on any atom is 0.315 e. The summed E-state index contributed by atoms with van der Waals surface area (Å²) in [7, 11) is 1.30. The first-order chi connectivity index (χ1) is 16.2. The molecule has 2 N–H and O–H groups in total. The molecule has 0 saturated carbocycles. The highest BCUT2D eigenvalue weighted by Crippen LogP contribution is 2.38. The lowest BCUT2D eigenvalue weighted by Crippen LogP contribution is -2.22. The van der Waals surface area contributed by atoms with Crippen LogP contribution < -0.4 is 20.8 Å². The first-order valence-corrected chi connectivity index (χ1v) is 11.1. The van der Waals surface area contributed by atoms with E-state index in [-0.39, 0.29) is 22.6 Å². The van der Waals surface area contributed by atoms with E-state index in [1.54, 1.807) is 18.2 Å². The Morgan fingerprint density at radius 1 is 1.35 bits per heavy atom. The van der Waals surface area contributed by atoms with Crippen LogP contribution in [0.15, 0.2) is 44.7 Å². The smallest absolute Gasteiger partial charge is 0.315 e. The van der Waals surface area contributed by atoms with Crippen LogP contribution in [0.2, 0.25) is 0 Å². The number of hydrogen-bond acceptors (Lipinski definition) is 8. The van der Waals surface area contributed by atoms with Gasteiger partial charge in [-0.1, -0.05) is 29.3 Å². The summed E-state index contributed by atoms with van der Waals surface area (Å²) in [6.45, 7) is 1.47. The highest BCUT2D eigenvalue weighted by atomic mass is 79.9. The Balaban J connectivity index is 2.12. The third-order valence-electron chi connectivity index (χ3n) is 4.78. The number of aryl methyl sites for hydroxylation is 1. The number of ether oxygens (including phenoxy) is 2. The van der Waals surface area contributed by atoms with E-state index in [0.29, 0.717) is 23.1 Å². The van der Waals surface area contributed by atoms with E-state index in [0.717, 1.165) is 17.3 Å². The second-order valence-electron chi connectivity index (χ2n) is 7.24. The van der Waals surface area contributed by atoms with Crippen LogP contribution in [0.25, 0.3) is 10.9 Å². The van der Waals surface area contributed by atoms with Crippen molar-refractivity contribution < 1.29 is 19.2 Å². The van der Waals surface area contributed by atoms with Gasteiger partial charge in [-0.05, 0) is 30.7 Å². The van der Waals surface area contributed by atoms with E-state index in [4.69, 9.17) is 15.2 Å². The first-order valence-electron chi connectivity index (χ1n) is 10.3. The molecule has 0 fully saturated rings. The lowest BCUT2D eigenvalue weighted by molar-refractivity contribution is -0.385. The molecule has 0 atom stereocenters. The third kappa shape index (κ3) is 5.57. The normalized spacial score (nSPS) is 11.1. The number of carbonyl (C=O) groups excluding carboxylic acids is 1. The third-order valence-corrected chi connectivity index (χ3v) is 5.28. The predicted molar refractivity (Wildman–Crippen MR) is 130 cm³/mol. The van der Waals surface area contributed by atoms with Crippen LogP contribution in [0.3, 0.4) is 0 Å². The number of nitro groups is 1. The molecule has 12 heteroatoms. The Morgan fingerprint density at radius 3 is 2.76 bits per heavy atom. The molecule has 1 amide bonds. The molecule has 0 bridgehead atoms. The highest BCUT2D eigenvalue weighted by Gasteiger charge is 2.23. The minimum atomic E-state index is -0.795. The van der Waals surface area contributed by atoms with Gasteiger partial charge in [-0.15, -0.1) is 0 Å². The number of aromatic nitrogens is 2. The predicted octanol–water partition coefficient (Wildman–Crippen LogP) is 3.16. The summed E-state index contributed by atoms with van der Waals surface area (Å²) in [5.74, 6) is -0.547. The summed E-state index contributed by atoms with van der Waals surface area (Å²) in [5, 5.41) is 16.3. The SMILES string of the molecule is CCCCc1nc2ccc(Br)cc2c(=O)n1N=Cc1cc(OC)c(OCC(N)=O)c([N+](=O)[O-])c1. The topological polar surface area (TPSA) is 152 Å². The molecule has 1 heterocycles. The summed E-state index contributed by atoms with van der Waals surface area (Å²) in [4.78, 5) is 39.8. The fourth-order valence-electron chi connectivity index (χ4n) is 3.19. The van der Waals surface area contributed by atoms with Gasteiger partial charge in [-0.3, -0.25) is 19.7 Å². The van der Waals surface area contributed by atoms with Gasteiger partial charge in [0.25, 0.3) is 11.5 Å². The number of carbonyl (C=O) groups is 1. The van der Waals surface area contributed by atoms with Crippen LogP contribution in [0.5, 0.6) is 11.5 Å². The minimum absolute atomic E-state index is 0.0102. The van der Waals surface area contributed by atoms with E-state index >= 15 is 0 Å². The molecule has 0 unspecified atom stereocenters. The average Bonchev–Trinajstić information content (AvgIpc) is 2.80. The molecule has 0 aliphatic carbocycles. The van der Waals surface area contributed by atoms with Crippen LogP contribution in [-0.4, -0.2) is 40.4 Å². The zero-order chi connectivity index (χ0) is 24.8. The maximum atomic E-state index is 13.2. The number of rotatable bonds is 10. The van der Waals surface area contributed by atoms with Gasteiger partial charge >= 0.3 is 5.69 Å². The molecule has 178 valence electrons. The van der Waals surface area contributed by atoms with E-state index in [9.17, 15) is 19.7 Å². The quantitative estimate of drug-likeness (QED) is 0.239. The number of fused-ring (bicyclic) bond motifs is 1. The molecular formula is C22H22BrN5O6. The van der Waals surface area contributed by atoms with E-state index in [1.165, 1.54) is 30.1 Å². The molecule has 0 spiro atoms. The Morgan fingerprint density at radius 2 is 2.12 bits per heavy atom. The van der Waals surface area contributed by atoms with Crippen molar-refractivity contribution >= 4 is 44.6 Å². The Labute approximate surface area is 202 Å². The summed E-state index contributed by atoms with van der Waals surface area (Å²) in [5.41, 5.74) is 5.10. The van der Waals surface area contributed by atoms with Crippen LogP contribution >= 0.6 is 15.9 Å². The van der Waals surface area contributed by atoms with Crippen molar-refractivity contribution in [2.24, 2.45) is 10.8 Å². The number of benzene rings is 2. The van der Waals surface area contributed by atoms with Gasteiger partial charge in [0, 0.05) is 22.5 Å². The molecule has 0 aliphatic rings. The fraction of sp³-hybridized carbons (Fsp3) is 0.273. The second-order valence-corrected chi connectivity index (χ2v) is 8.15. The summed E-state index contributed by atoms with van der Waals surface area (Å²) < 4.78 is 12.3. The number of halogens is 1. The number of methoxy groups -OCH3 is 1. The van der Waals surface area contributed by atoms with Gasteiger partial charge in [-0.25, -0.2) is 4.98 Å². The number of nitrogens with zero attached hydrogens (tertiary/aromatic N) is 4. The molecule has 0 radical (unpaired) electrons. The first kappa shape index (κ1) is 24.8. The fourth-order valence-corrected chi connectivity index (χ4v) is 3.55. The summed E-state index contributed by atoms with van der Waals surface area (Å²) >= 11 is 3.36.